The van der Waals surface area contributed by atoms with Gasteiger partial charge in [0, 0.05) is 21.2 Å². The van der Waals surface area contributed by atoms with Gasteiger partial charge in [0.15, 0.2) is 0 Å². The van der Waals surface area contributed by atoms with E-state index in [0.717, 1.165) is 16.6 Å². The molecule has 3 heteroatoms. The van der Waals surface area contributed by atoms with E-state index < -0.39 is 0 Å². The van der Waals surface area contributed by atoms with Crippen LogP contribution in [0.15, 0.2) is 57.9 Å². The van der Waals surface area contributed by atoms with Crippen molar-refractivity contribution in [3.63, 3.8) is 0 Å². The number of rotatable bonds is 5. The van der Waals surface area contributed by atoms with Crippen LogP contribution in [0, 0.1) is 6.92 Å². The molecule has 100 valence electrons. The molecule has 2 aromatic carbocycles. The molecule has 19 heavy (non-hydrogen) atoms. The Morgan fingerprint density at radius 3 is 2.53 bits per heavy atom. The molecule has 0 fully saturated rings. The minimum absolute atomic E-state index is 0.179. The smallest absolute Gasteiger partial charge is 0.0311 e. The van der Waals surface area contributed by atoms with Gasteiger partial charge in [0.1, 0.15) is 0 Å². The van der Waals surface area contributed by atoms with E-state index >= 15 is 0 Å². The third kappa shape index (κ3) is 4.37. The standard InChI is InChI=1S/C16H18BrNS/c1-12-6-2-3-7-13(12)10-14(18)11-19-16-9-5-4-8-15(16)17/h2-9,14H,10-11,18H2,1H3. The third-order valence-corrected chi connectivity index (χ3v) is 5.25. The second-order valence-electron chi connectivity index (χ2n) is 4.63. The lowest BCUT2D eigenvalue weighted by molar-refractivity contribution is 0.745. The van der Waals surface area contributed by atoms with Crippen LogP contribution in [0.1, 0.15) is 11.1 Å². The summed E-state index contributed by atoms with van der Waals surface area (Å²) in [5.41, 5.74) is 8.91. The van der Waals surface area contributed by atoms with Crippen LogP contribution in [-0.2, 0) is 6.42 Å². The Morgan fingerprint density at radius 1 is 1.11 bits per heavy atom. The van der Waals surface area contributed by atoms with Gasteiger partial charge in [0.25, 0.3) is 0 Å². The first-order chi connectivity index (χ1) is 9.16. The minimum Gasteiger partial charge on any atom is -0.327 e. The molecule has 0 heterocycles. The fourth-order valence-corrected chi connectivity index (χ4v) is 3.46. The van der Waals surface area contributed by atoms with Crippen LogP contribution in [0.4, 0.5) is 0 Å². The summed E-state index contributed by atoms with van der Waals surface area (Å²) in [6.45, 7) is 2.14. The molecule has 2 rings (SSSR count). The molecule has 0 aliphatic carbocycles. The number of benzene rings is 2. The van der Waals surface area contributed by atoms with Gasteiger partial charge in [-0.2, -0.15) is 0 Å². The van der Waals surface area contributed by atoms with E-state index in [1.165, 1.54) is 16.0 Å². The summed E-state index contributed by atoms with van der Waals surface area (Å²) < 4.78 is 1.14. The van der Waals surface area contributed by atoms with Crippen LogP contribution in [0.3, 0.4) is 0 Å². The summed E-state index contributed by atoms with van der Waals surface area (Å²) in [4.78, 5) is 1.25. The maximum absolute atomic E-state index is 6.24. The second kappa shape index (κ2) is 7.13. The molecule has 0 spiro atoms. The number of hydrogen-bond donors (Lipinski definition) is 1. The van der Waals surface area contributed by atoms with Crippen molar-refractivity contribution >= 4 is 27.7 Å². The zero-order valence-electron chi connectivity index (χ0n) is 11.0. The molecular weight excluding hydrogens is 318 g/mol. The molecule has 0 bridgehead atoms. The molecule has 2 aromatic rings. The lowest BCUT2D eigenvalue weighted by Gasteiger charge is -2.13. The Bertz CT molecular complexity index is 542. The number of thioether (sulfide) groups is 1. The zero-order chi connectivity index (χ0) is 13.7. The Kier molecular flexibility index (Phi) is 5.49. The maximum Gasteiger partial charge on any atom is 0.0311 e. The highest BCUT2D eigenvalue weighted by atomic mass is 79.9. The van der Waals surface area contributed by atoms with E-state index in [-0.39, 0.29) is 6.04 Å². The van der Waals surface area contributed by atoms with Gasteiger partial charge in [-0.25, -0.2) is 0 Å². The fourth-order valence-electron chi connectivity index (χ4n) is 1.94. The lowest BCUT2D eigenvalue weighted by atomic mass is 10.0. The van der Waals surface area contributed by atoms with Crippen LogP contribution in [0.2, 0.25) is 0 Å². The van der Waals surface area contributed by atoms with Gasteiger partial charge in [0.05, 0.1) is 0 Å². The average Bonchev–Trinajstić information content (AvgIpc) is 2.40. The van der Waals surface area contributed by atoms with Crippen molar-refractivity contribution < 1.29 is 0 Å². The fraction of sp³-hybridized carbons (Fsp3) is 0.250. The molecule has 0 aliphatic heterocycles. The quantitative estimate of drug-likeness (QED) is 0.818. The first-order valence-electron chi connectivity index (χ1n) is 6.34. The molecule has 0 amide bonds. The molecule has 1 unspecified atom stereocenters. The first kappa shape index (κ1) is 14.6. The highest BCUT2D eigenvalue weighted by molar-refractivity contribution is 9.10. The van der Waals surface area contributed by atoms with E-state index in [1.54, 1.807) is 0 Å². The summed E-state index contributed by atoms with van der Waals surface area (Å²) in [5.74, 6) is 0.928. The van der Waals surface area contributed by atoms with Crippen molar-refractivity contribution in [2.24, 2.45) is 5.73 Å². The summed E-state index contributed by atoms with van der Waals surface area (Å²) in [7, 11) is 0. The molecule has 0 aromatic heterocycles. The maximum atomic E-state index is 6.24. The van der Waals surface area contributed by atoms with E-state index in [0.29, 0.717) is 0 Å². The normalized spacial score (nSPS) is 12.4. The summed E-state index contributed by atoms with van der Waals surface area (Å²) >= 11 is 5.37. The highest BCUT2D eigenvalue weighted by Gasteiger charge is 2.08. The first-order valence-corrected chi connectivity index (χ1v) is 8.12. The van der Waals surface area contributed by atoms with Gasteiger partial charge >= 0.3 is 0 Å². The van der Waals surface area contributed by atoms with Crippen LogP contribution < -0.4 is 5.73 Å². The van der Waals surface area contributed by atoms with Crippen molar-refractivity contribution in [2.75, 3.05) is 5.75 Å². The second-order valence-corrected chi connectivity index (χ2v) is 6.55. The monoisotopic (exact) mass is 335 g/mol. The summed E-state index contributed by atoms with van der Waals surface area (Å²) in [6, 6.07) is 16.9. The predicted octanol–water partition coefficient (Wildman–Crippen LogP) is 4.42. The van der Waals surface area contributed by atoms with Crippen LogP contribution in [0.25, 0.3) is 0 Å². The zero-order valence-corrected chi connectivity index (χ0v) is 13.4. The molecule has 1 nitrogen and oxygen atoms in total. The lowest BCUT2D eigenvalue weighted by Crippen LogP contribution is -2.25. The Balaban J connectivity index is 1.90. The van der Waals surface area contributed by atoms with Gasteiger partial charge in [-0.1, -0.05) is 36.4 Å². The van der Waals surface area contributed by atoms with Crippen molar-refractivity contribution in [2.45, 2.75) is 24.3 Å². The topological polar surface area (TPSA) is 26.0 Å². The van der Waals surface area contributed by atoms with Gasteiger partial charge in [-0.05, 0) is 52.5 Å². The van der Waals surface area contributed by atoms with Gasteiger partial charge in [-0.15, -0.1) is 11.8 Å². The number of nitrogens with two attached hydrogens (primary N) is 1. The van der Waals surface area contributed by atoms with Crippen LogP contribution in [-0.4, -0.2) is 11.8 Å². The number of aryl methyl sites for hydroxylation is 1. The van der Waals surface area contributed by atoms with Crippen molar-refractivity contribution in [3.8, 4) is 0 Å². The summed E-state index contributed by atoms with van der Waals surface area (Å²) in [6.07, 6.45) is 0.935. The molecule has 0 aliphatic rings. The van der Waals surface area contributed by atoms with E-state index in [4.69, 9.17) is 5.73 Å². The Morgan fingerprint density at radius 2 is 1.79 bits per heavy atom. The Hall–Kier alpha value is -0.770. The number of hydrogen-bond acceptors (Lipinski definition) is 2. The molecule has 0 saturated carbocycles. The molecule has 0 saturated heterocycles. The SMILES string of the molecule is Cc1ccccc1CC(N)CSc1ccccc1Br. The highest BCUT2D eigenvalue weighted by Crippen LogP contribution is 2.27. The number of halogens is 1. The molecule has 1 atom stereocenters. The Labute approximate surface area is 127 Å². The van der Waals surface area contributed by atoms with Gasteiger partial charge in [0.2, 0.25) is 0 Å². The predicted molar refractivity (Wildman–Crippen MR) is 87.7 cm³/mol. The van der Waals surface area contributed by atoms with E-state index in [1.807, 2.05) is 17.8 Å². The molecule has 0 radical (unpaired) electrons. The third-order valence-electron chi connectivity index (χ3n) is 3.03. The van der Waals surface area contributed by atoms with Crippen molar-refractivity contribution in [1.29, 1.82) is 0 Å². The summed E-state index contributed by atoms with van der Waals surface area (Å²) in [5, 5.41) is 0. The van der Waals surface area contributed by atoms with E-state index in [9.17, 15) is 0 Å². The average molecular weight is 336 g/mol. The minimum atomic E-state index is 0.179. The van der Waals surface area contributed by atoms with Crippen molar-refractivity contribution in [3.05, 3.63) is 64.1 Å². The van der Waals surface area contributed by atoms with E-state index in [2.05, 4.69) is 65.3 Å². The van der Waals surface area contributed by atoms with Crippen molar-refractivity contribution in [1.82, 2.24) is 0 Å². The van der Waals surface area contributed by atoms with Crippen LogP contribution >= 0.6 is 27.7 Å². The largest absolute Gasteiger partial charge is 0.327 e. The molecule has 2 N–H and O–H groups in total. The van der Waals surface area contributed by atoms with Gasteiger partial charge < -0.3 is 5.73 Å². The molecular formula is C16H18BrNS. The van der Waals surface area contributed by atoms with Gasteiger partial charge in [-0.3, -0.25) is 0 Å². The van der Waals surface area contributed by atoms with Crippen LogP contribution in [0.5, 0.6) is 0 Å².